The van der Waals surface area contributed by atoms with Gasteiger partial charge in [0.2, 0.25) is 0 Å². The molecular formula is C20H25N5. The smallest absolute Gasteiger partial charge is 0.133 e. The van der Waals surface area contributed by atoms with E-state index in [9.17, 15) is 0 Å². The van der Waals surface area contributed by atoms with Gasteiger partial charge in [-0.15, -0.1) is 0 Å². The predicted octanol–water partition coefficient (Wildman–Crippen LogP) is 3.65. The first kappa shape index (κ1) is 16.2. The van der Waals surface area contributed by atoms with Crippen molar-refractivity contribution in [3.05, 3.63) is 41.1 Å². The molecule has 1 saturated heterocycles. The van der Waals surface area contributed by atoms with E-state index in [1.807, 2.05) is 24.3 Å². The van der Waals surface area contributed by atoms with Gasteiger partial charge < -0.3 is 5.32 Å². The fourth-order valence-corrected chi connectivity index (χ4v) is 4.08. The number of benzene rings is 1. The van der Waals surface area contributed by atoms with Crippen LogP contribution < -0.4 is 5.32 Å². The van der Waals surface area contributed by atoms with E-state index < -0.39 is 0 Å². The molecule has 130 valence electrons. The van der Waals surface area contributed by atoms with Crippen molar-refractivity contribution in [1.29, 1.82) is 5.26 Å². The van der Waals surface area contributed by atoms with Gasteiger partial charge >= 0.3 is 0 Å². The highest BCUT2D eigenvalue weighted by atomic mass is 15.4. The highest BCUT2D eigenvalue weighted by molar-refractivity contribution is 5.55. The van der Waals surface area contributed by atoms with E-state index in [0.717, 1.165) is 31.0 Å². The largest absolute Gasteiger partial charge is 0.370 e. The van der Waals surface area contributed by atoms with Crippen molar-refractivity contribution in [2.24, 2.45) is 0 Å². The van der Waals surface area contributed by atoms with Gasteiger partial charge in [-0.2, -0.15) is 10.4 Å². The van der Waals surface area contributed by atoms with Crippen LogP contribution in [-0.2, 0) is 6.42 Å². The molecule has 1 atom stereocenters. The Labute approximate surface area is 149 Å². The van der Waals surface area contributed by atoms with Crippen LogP contribution in [0.4, 0.5) is 5.82 Å². The second-order valence-corrected chi connectivity index (χ2v) is 7.16. The third kappa shape index (κ3) is 3.03. The predicted molar refractivity (Wildman–Crippen MR) is 98.9 cm³/mol. The van der Waals surface area contributed by atoms with Crippen molar-refractivity contribution in [3.63, 3.8) is 0 Å². The SMILES string of the molecule is CN1CCCCC1c1nn(-c2ccc(C#N)cc2)c2c1CCCCN2. The van der Waals surface area contributed by atoms with Crippen LogP contribution >= 0.6 is 0 Å². The van der Waals surface area contributed by atoms with Crippen LogP contribution in [0.1, 0.15) is 55.0 Å². The lowest BCUT2D eigenvalue weighted by atomic mass is 9.96. The number of piperidine rings is 1. The molecule has 1 N–H and O–H groups in total. The van der Waals surface area contributed by atoms with Gasteiger partial charge in [0.1, 0.15) is 5.82 Å². The summed E-state index contributed by atoms with van der Waals surface area (Å²) in [6, 6.07) is 10.3. The first-order chi connectivity index (χ1) is 12.3. The van der Waals surface area contributed by atoms with Gasteiger partial charge in [0.25, 0.3) is 0 Å². The molecule has 0 amide bonds. The Balaban J connectivity index is 1.80. The lowest BCUT2D eigenvalue weighted by molar-refractivity contribution is 0.182. The number of aromatic nitrogens is 2. The fourth-order valence-electron chi connectivity index (χ4n) is 4.08. The zero-order valence-corrected chi connectivity index (χ0v) is 14.8. The van der Waals surface area contributed by atoms with Crippen molar-refractivity contribution in [1.82, 2.24) is 14.7 Å². The maximum absolute atomic E-state index is 9.04. The van der Waals surface area contributed by atoms with Crippen LogP contribution in [0.5, 0.6) is 0 Å². The third-order valence-corrected chi connectivity index (χ3v) is 5.49. The van der Waals surface area contributed by atoms with Gasteiger partial charge in [-0.05, 0) is 70.0 Å². The Hall–Kier alpha value is -2.32. The van der Waals surface area contributed by atoms with E-state index >= 15 is 0 Å². The number of fused-ring (bicyclic) bond motifs is 1. The summed E-state index contributed by atoms with van der Waals surface area (Å²) in [4.78, 5) is 2.46. The zero-order valence-electron chi connectivity index (χ0n) is 14.8. The molecule has 1 fully saturated rings. The minimum absolute atomic E-state index is 0.419. The maximum Gasteiger partial charge on any atom is 0.133 e. The second kappa shape index (κ2) is 6.89. The molecule has 2 aliphatic heterocycles. The van der Waals surface area contributed by atoms with Gasteiger partial charge in [0.15, 0.2) is 0 Å². The molecule has 5 heteroatoms. The molecule has 4 rings (SSSR count). The monoisotopic (exact) mass is 335 g/mol. The van der Waals surface area contributed by atoms with Gasteiger partial charge in [-0.3, -0.25) is 4.90 Å². The van der Waals surface area contributed by atoms with E-state index in [1.54, 1.807) is 0 Å². The van der Waals surface area contributed by atoms with Crippen LogP contribution in [0.3, 0.4) is 0 Å². The molecular weight excluding hydrogens is 310 g/mol. The Kier molecular flexibility index (Phi) is 4.46. The van der Waals surface area contributed by atoms with Gasteiger partial charge in [0, 0.05) is 12.1 Å². The lowest BCUT2D eigenvalue weighted by Crippen LogP contribution is -2.30. The molecule has 0 aliphatic carbocycles. The molecule has 0 spiro atoms. The molecule has 5 nitrogen and oxygen atoms in total. The van der Waals surface area contributed by atoms with E-state index in [-0.39, 0.29) is 0 Å². The number of likely N-dealkylation sites (tertiary alicyclic amines) is 1. The number of anilines is 1. The van der Waals surface area contributed by atoms with Gasteiger partial charge in [0.05, 0.1) is 29.1 Å². The molecule has 3 heterocycles. The zero-order chi connectivity index (χ0) is 17.2. The minimum Gasteiger partial charge on any atom is -0.370 e. The number of rotatable bonds is 2. The molecule has 0 saturated carbocycles. The van der Waals surface area contributed by atoms with E-state index in [2.05, 4.69) is 28.0 Å². The number of nitriles is 1. The molecule has 25 heavy (non-hydrogen) atoms. The summed E-state index contributed by atoms with van der Waals surface area (Å²) in [5.41, 5.74) is 4.34. The van der Waals surface area contributed by atoms with Crippen LogP contribution in [0, 0.1) is 11.3 Å². The molecule has 1 unspecified atom stereocenters. The Bertz CT molecular complexity index is 784. The summed E-state index contributed by atoms with van der Waals surface area (Å²) in [6.07, 6.45) is 7.25. The standard InChI is InChI=1S/C20H25N5/c1-24-13-5-3-7-18(24)19-17-6-2-4-12-22-20(17)25(23-19)16-10-8-15(14-21)9-11-16/h8-11,18,22H,2-7,12-13H2,1H3. The second-order valence-electron chi connectivity index (χ2n) is 7.16. The van der Waals surface area contributed by atoms with Crippen LogP contribution in [0.25, 0.3) is 5.69 Å². The summed E-state index contributed by atoms with van der Waals surface area (Å²) in [6.45, 7) is 2.14. The lowest BCUT2D eigenvalue weighted by Gasteiger charge is -2.31. The quantitative estimate of drug-likeness (QED) is 0.910. The molecule has 0 radical (unpaired) electrons. The van der Waals surface area contributed by atoms with Gasteiger partial charge in [-0.25, -0.2) is 4.68 Å². The summed E-state index contributed by atoms with van der Waals surface area (Å²) in [7, 11) is 2.22. The average molecular weight is 335 g/mol. The van der Waals surface area contributed by atoms with E-state index in [4.69, 9.17) is 10.4 Å². The van der Waals surface area contributed by atoms with Crippen molar-refractivity contribution in [2.45, 2.75) is 44.6 Å². The van der Waals surface area contributed by atoms with Crippen molar-refractivity contribution in [3.8, 4) is 11.8 Å². The minimum atomic E-state index is 0.419. The first-order valence-corrected chi connectivity index (χ1v) is 9.34. The van der Waals surface area contributed by atoms with Crippen molar-refractivity contribution in [2.75, 3.05) is 25.5 Å². The van der Waals surface area contributed by atoms with Crippen LogP contribution in [0.15, 0.2) is 24.3 Å². The summed E-state index contributed by atoms with van der Waals surface area (Å²) in [5.74, 6) is 1.15. The number of nitrogens with zero attached hydrogens (tertiary/aromatic N) is 4. The van der Waals surface area contributed by atoms with Gasteiger partial charge in [-0.1, -0.05) is 6.42 Å². The van der Waals surface area contributed by atoms with Crippen LogP contribution in [0.2, 0.25) is 0 Å². The molecule has 2 aliphatic rings. The fraction of sp³-hybridized carbons (Fsp3) is 0.500. The normalized spacial score (nSPS) is 21.0. The highest BCUT2D eigenvalue weighted by Gasteiger charge is 2.29. The summed E-state index contributed by atoms with van der Waals surface area (Å²) in [5, 5.41) is 17.7. The van der Waals surface area contributed by atoms with E-state index in [0.29, 0.717) is 11.6 Å². The average Bonchev–Trinajstić information content (AvgIpc) is 2.83. The first-order valence-electron chi connectivity index (χ1n) is 9.34. The Morgan fingerprint density at radius 1 is 1.16 bits per heavy atom. The third-order valence-electron chi connectivity index (χ3n) is 5.49. The van der Waals surface area contributed by atoms with Crippen molar-refractivity contribution < 1.29 is 0 Å². The molecule has 2 aromatic rings. The topological polar surface area (TPSA) is 56.9 Å². The van der Waals surface area contributed by atoms with Crippen LogP contribution in [-0.4, -0.2) is 34.8 Å². The number of hydrogen-bond donors (Lipinski definition) is 1. The Morgan fingerprint density at radius 3 is 2.76 bits per heavy atom. The Morgan fingerprint density at radius 2 is 2.00 bits per heavy atom. The highest BCUT2D eigenvalue weighted by Crippen LogP contribution is 2.36. The molecule has 1 aromatic carbocycles. The van der Waals surface area contributed by atoms with Crippen molar-refractivity contribution >= 4 is 5.82 Å². The number of nitrogens with one attached hydrogen (secondary N) is 1. The molecule has 0 bridgehead atoms. The number of hydrogen-bond acceptors (Lipinski definition) is 4. The summed E-state index contributed by atoms with van der Waals surface area (Å²) < 4.78 is 2.06. The summed E-state index contributed by atoms with van der Waals surface area (Å²) >= 11 is 0. The maximum atomic E-state index is 9.04. The van der Waals surface area contributed by atoms with E-state index in [1.165, 1.54) is 43.4 Å². The molecule has 1 aromatic heterocycles.